The number of carbonyl (C=O) groups excluding carboxylic acids is 1. The molecular weight excluding hydrogens is 352 g/mol. The van der Waals surface area contributed by atoms with Crippen LogP contribution in [-0.4, -0.2) is 35.9 Å². The van der Waals surface area contributed by atoms with Crippen molar-refractivity contribution in [2.24, 2.45) is 0 Å². The van der Waals surface area contributed by atoms with E-state index in [1.807, 2.05) is 35.1 Å². The van der Waals surface area contributed by atoms with Gasteiger partial charge in [0.05, 0.1) is 19.2 Å². The van der Waals surface area contributed by atoms with Crippen molar-refractivity contribution in [1.29, 1.82) is 0 Å². The molecule has 0 saturated carbocycles. The summed E-state index contributed by atoms with van der Waals surface area (Å²) < 4.78 is 7.10. The number of methoxy groups -OCH3 is 1. The van der Waals surface area contributed by atoms with Gasteiger partial charge in [0.2, 0.25) is 0 Å². The number of nitrogens with zero attached hydrogens (tertiary/aromatic N) is 2. The number of carbonyl (C=O) groups is 1. The zero-order valence-corrected chi connectivity index (χ0v) is 16.1. The predicted molar refractivity (Wildman–Crippen MR) is 104 cm³/mol. The van der Waals surface area contributed by atoms with Gasteiger partial charge in [-0.05, 0) is 49.6 Å². The van der Waals surface area contributed by atoms with Crippen LogP contribution in [0.25, 0.3) is 0 Å². The number of rotatable bonds is 6. The van der Waals surface area contributed by atoms with Crippen molar-refractivity contribution in [1.82, 2.24) is 20.4 Å². The highest BCUT2D eigenvalue weighted by Crippen LogP contribution is 2.21. The molecule has 142 valence electrons. The topological polar surface area (TPSA) is 68.2 Å². The van der Waals surface area contributed by atoms with Crippen LogP contribution in [-0.2, 0) is 0 Å². The molecule has 2 atom stereocenters. The third-order valence-electron chi connectivity index (χ3n) is 4.72. The van der Waals surface area contributed by atoms with E-state index in [-0.39, 0.29) is 24.4 Å². The fourth-order valence-corrected chi connectivity index (χ4v) is 3.21. The molecule has 2 aromatic rings. The third-order valence-corrected chi connectivity index (χ3v) is 4.72. The minimum absolute atomic E-state index is 0. The lowest BCUT2D eigenvalue weighted by atomic mass is 10.0. The average molecular weight is 379 g/mol. The van der Waals surface area contributed by atoms with Crippen LogP contribution in [0.1, 0.15) is 54.3 Å². The summed E-state index contributed by atoms with van der Waals surface area (Å²) in [5, 5.41) is 10.9. The summed E-state index contributed by atoms with van der Waals surface area (Å²) in [6.45, 7) is 4.03. The number of hydrogen-bond acceptors (Lipinski definition) is 4. The number of nitrogens with one attached hydrogen (secondary N) is 2. The molecule has 1 amide bonds. The fourth-order valence-electron chi connectivity index (χ4n) is 3.21. The van der Waals surface area contributed by atoms with Gasteiger partial charge in [0.15, 0.2) is 0 Å². The first-order valence-electron chi connectivity index (χ1n) is 8.92. The Morgan fingerprint density at radius 3 is 2.77 bits per heavy atom. The average Bonchev–Trinajstić information content (AvgIpc) is 3.17. The van der Waals surface area contributed by atoms with E-state index in [1.54, 1.807) is 13.2 Å². The maximum absolute atomic E-state index is 12.6. The molecule has 2 heterocycles. The van der Waals surface area contributed by atoms with Gasteiger partial charge < -0.3 is 15.4 Å². The molecular formula is C19H27ClN4O2. The van der Waals surface area contributed by atoms with Crippen molar-refractivity contribution < 1.29 is 9.53 Å². The molecule has 0 radical (unpaired) electrons. The van der Waals surface area contributed by atoms with Crippen LogP contribution in [0.5, 0.6) is 5.75 Å². The van der Waals surface area contributed by atoms with Gasteiger partial charge in [-0.3, -0.25) is 9.48 Å². The first-order chi connectivity index (χ1) is 12.2. The summed E-state index contributed by atoms with van der Waals surface area (Å²) in [5.41, 5.74) is 1.53. The second kappa shape index (κ2) is 9.59. The molecule has 1 aromatic heterocycles. The van der Waals surface area contributed by atoms with E-state index in [9.17, 15) is 4.79 Å². The van der Waals surface area contributed by atoms with Crippen LogP contribution in [0.15, 0.2) is 36.5 Å². The highest BCUT2D eigenvalue weighted by atomic mass is 35.5. The quantitative estimate of drug-likeness (QED) is 0.810. The molecule has 3 rings (SSSR count). The Morgan fingerprint density at radius 1 is 1.38 bits per heavy atom. The third kappa shape index (κ3) is 4.77. The van der Waals surface area contributed by atoms with E-state index < -0.39 is 0 Å². The molecule has 2 unspecified atom stereocenters. The Labute approximate surface area is 160 Å². The Kier molecular flexibility index (Phi) is 7.48. The predicted octanol–water partition coefficient (Wildman–Crippen LogP) is 3.12. The monoisotopic (exact) mass is 378 g/mol. The van der Waals surface area contributed by atoms with E-state index >= 15 is 0 Å². The Bertz CT molecular complexity index is 696. The smallest absolute Gasteiger partial charge is 0.272 e. The molecule has 7 heteroatoms. The fraction of sp³-hybridized carbons (Fsp3) is 0.474. The van der Waals surface area contributed by atoms with Crippen molar-refractivity contribution >= 4 is 18.3 Å². The molecule has 0 bridgehead atoms. The molecule has 26 heavy (non-hydrogen) atoms. The van der Waals surface area contributed by atoms with E-state index in [0.29, 0.717) is 11.7 Å². The maximum Gasteiger partial charge on any atom is 0.272 e. The SMILES string of the molecule is CCC(NC(=O)c1ccn(C2CCCNC2)n1)c1ccc(OC)cc1.Cl. The largest absolute Gasteiger partial charge is 0.497 e. The van der Waals surface area contributed by atoms with Gasteiger partial charge in [0, 0.05) is 12.7 Å². The van der Waals surface area contributed by atoms with Crippen LogP contribution < -0.4 is 15.4 Å². The van der Waals surface area contributed by atoms with Crippen LogP contribution in [0.3, 0.4) is 0 Å². The van der Waals surface area contributed by atoms with Gasteiger partial charge in [-0.1, -0.05) is 19.1 Å². The van der Waals surface area contributed by atoms with E-state index in [0.717, 1.165) is 43.7 Å². The van der Waals surface area contributed by atoms with Crippen molar-refractivity contribution in [3.05, 3.63) is 47.8 Å². The molecule has 6 nitrogen and oxygen atoms in total. The summed E-state index contributed by atoms with van der Waals surface area (Å²) >= 11 is 0. The lowest BCUT2D eigenvalue weighted by molar-refractivity contribution is 0.0929. The van der Waals surface area contributed by atoms with Crippen LogP contribution >= 0.6 is 12.4 Å². The number of amides is 1. The van der Waals surface area contributed by atoms with Gasteiger partial charge in [-0.15, -0.1) is 12.4 Å². The number of benzene rings is 1. The van der Waals surface area contributed by atoms with Crippen molar-refractivity contribution in [2.45, 2.75) is 38.3 Å². The summed E-state index contributed by atoms with van der Waals surface area (Å²) in [6.07, 6.45) is 4.95. The lowest BCUT2D eigenvalue weighted by Gasteiger charge is -2.23. The molecule has 0 spiro atoms. The van der Waals surface area contributed by atoms with Gasteiger partial charge in [-0.25, -0.2) is 0 Å². The molecule has 1 saturated heterocycles. The number of halogens is 1. The minimum Gasteiger partial charge on any atom is -0.497 e. The van der Waals surface area contributed by atoms with Crippen molar-refractivity contribution in [3.63, 3.8) is 0 Å². The van der Waals surface area contributed by atoms with Crippen LogP contribution in [0, 0.1) is 0 Å². The molecule has 0 aliphatic carbocycles. The standard InChI is InChI=1S/C19H26N4O2.ClH/c1-3-17(14-6-8-16(25-2)9-7-14)21-19(24)18-10-12-23(22-18)15-5-4-11-20-13-15;/h6-10,12,15,17,20H,3-5,11,13H2,1-2H3,(H,21,24);1H. The Balaban J connectivity index is 0.00000243. The summed E-state index contributed by atoms with van der Waals surface area (Å²) in [7, 11) is 1.65. The second-order valence-electron chi connectivity index (χ2n) is 6.39. The van der Waals surface area contributed by atoms with Crippen LogP contribution in [0.2, 0.25) is 0 Å². The van der Waals surface area contributed by atoms with Crippen molar-refractivity contribution in [3.8, 4) is 5.75 Å². The first-order valence-corrected chi connectivity index (χ1v) is 8.92. The first kappa shape index (κ1) is 20.3. The Hall–Kier alpha value is -2.05. The molecule has 2 N–H and O–H groups in total. The van der Waals surface area contributed by atoms with Crippen LogP contribution in [0.4, 0.5) is 0 Å². The molecule has 1 aliphatic rings. The normalized spacial score (nSPS) is 17.8. The van der Waals surface area contributed by atoms with E-state index in [1.165, 1.54) is 0 Å². The zero-order valence-electron chi connectivity index (χ0n) is 15.3. The molecule has 1 aliphatic heterocycles. The highest BCUT2D eigenvalue weighted by Gasteiger charge is 2.19. The molecule has 1 fully saturated rings. The van der Waals surface area contributed by atoms with E-state index in [2.05, 4.69) is 22.7 Å². The van der Waals surface area contributed by atoms with E-state index in [4.69, 9.17) is 4.74 Å². The number of aromatic nitrogens is 2. The minimum atomic E-state index is -0.134. The zero-order chi connectivity index (χ0) is 17.6. The lowest BCUT2D eigenvalue weighted by Crippen LogP contribution is -2.32. The van der Waals surface area contributed by atoms with Gasteiger partial charge >= 0.3 is 0 Å². The van der Waals surface area contributed by atoms with Crippen molar-refractivity contribution in [2.75, 3.05) is 20.2 Å². The number of hydrogen-bond donors (Lipinski definition) is 2. The highest BCUT2D eigenvalue weighted by molar-refractivity contribution is 5.92. The Morgan fingerprint density at radius 2 is 2.15 bits per heavy atom. The number of ether oxygens (including phenoxy) is 1. The maximum atomic E-state index is 12.6. The van der Waals surface area contributed by atoms with Gasteiger partial charge in [-0.2, -0.15) is 5.10 Å². The summed E-state index contributed by atoms with van der Waals surface area (Å²) in [4.78, 5) is 12.6. The summed E-state index contributed by atoms with van der Waals surface area (Å²) in [6, 6.07) is 9.88. The van der Waals surface area contributed by atoms with Gasteiger partial charge in [0.1, 0.15) is 11.4 Å². The number of piperidine rings is 1. The van der Waals surface area contributed by atoms with Gasteiger partial charge in [0.25, 0.3) is 5.91 Å². The summed E-state index contributed by atoms with van der Waals surface area (Å²) in [5.74, 6) is 0.676. The second-order valence-corrected chi connectivity index (χ2v) is 6.39. The molecule has 1 aromatic carbocycles.